The standard InChI is InChI=1S/C14H18O2/c1-11(2)13(8-9-15)14(16)10-12-6-4-3-5-7-12/h3-8,14-16H,1,9-10H2,2H3/b13-8-. The predicted molar refractivity (Wildman–Crippen MR) is 66.1 cm³/mol. The Labute approximate surface area is 96.6 Å². The van der Waals surface area contributed by atoms with Gasteiger partial charge in [0.1, 0.15) is 0 Å². The molecule has 0 bridgehead atoms. The molecule has 0 spiro atoms. The van der Waals surface area contributed by atoms with Gasteiger partial charge in [-0.1, -0.05) is 48.6 Å². The van der Waals surface area contributed by atoms with E-state index < -0.39 is 6.10 Å². The molecule has 0 aliphatic rings. The van der Waals surface area contributed by atoms with Gasteiger partial charge in [-0.2, -0.15) is 0 Å². The zero-order chi connectivity index (χ0) is 12.0. The summed E-state index contributed by atoms with van der Waals surface area (Å²) >= 11 is 0. The van der Waals surface area contributed by atoms with Gasteiger partial charge >= 0.3 is 0 Å². The van der Waals surface area contributed by atoms with E-state index >= 15 is 0 Å². The summed E-state index contributed by atoms with van der Waals surface area (Å²) in [4.78, 5) is 0. The topological polar surface area (TPSA) is 40.5 Å². The molecule has 1 unspecified atom stereocenters. The molecule has 1 rings (SSSR count). The van der Waals surface area contributed by atoms with Crippen molar-refractivity contribution in [2.75, 3.05) is 6.61 Å². The Morgan fingerprint density at radius 2 is 2.00 bits per heavy atom. The fraction of sp³-hybridized carbons (Fsp3) is 0.286. The molecule has 0 radical (unpaired) electrons. The van der Waals surface area contributed by atoms with Gasteiger partial charge in [0, 0.05) is 6.42 Å². The Hall–Kier alpha value is -1.38. The van der Waals surface area contributed by atoms with Gasteiger partial charge < -0.3 is 10.2 Å². The van der Waals surface area contributed by atoms with Gasteiger partial charge in [-0.05, 0) is 18.1 Å². The van der Waals surface area contributed by atoms with Crippen molar-refractivity contribution in [2.45, 2.75) is 19.4 Å². The van der Waals surface area contributed by atoms with Crippen molar-refractivity contribution in [2.24, 2.45) is 0 Å². The van der Waals surface area contributed by atoms with E-state index in [0.717, 1.165) is 11.1 Å². The highest BCUT2D eigenvalue weighted by Crippen LogP contribution is 2.16. The molecular weight excluding hydrogens is 200 g/mol. The summed E-state index contributed by atoms with van der Waals surface area (Å²) in [6, 6.07) is 9.77. The van der Waals surface area contributed by atoms with Crippen molar-refractivity contribution >= 4 is 0 Å². The highest BCUT2D eigenvalue weighted by Gasteiger charge is 2.11. The van der Waals surface area contributed by atoms with Gasteiger partial charge in [0.25, 0.3) is 0 Å². The Morgan fingerprint density at radius 3 is 2.50 bits per heavy atom. The highest BCUT2D eigenvalue weighted by atomic mass is 16.3. The van der Waals surface area contributed by atoms with Gasteiger partial charge in [0.15, 0.2) is 0 Å². The molecule has 0 aliphatic carbocycles. The maximum atomic E-state index is 10.0. The molecule has 1 atom stereocenters. The molecular formula is C14H18O2. The van der Waals surface area contributed by atoms with Crippen molar-refractivity contribution < 1.29 is 10.2 Å². The third-order valence-corrected chi connectivity index (χ3v) is 2.43. The molecule has 0 fully saturated rings. The molecule has 0 aromatic heterocycles. The van der Waals surface area contributed by atoms with Gasteiger partial charge in [-0.15, -0.1) is 0 Å². The molecule has 86 valence electrons. The van der Waals surface area contributed by atoms with Crippen LogP contribution in [0.5, 0.6) is 0 Å². The Morgan fingerprint density at radius 1 is 1.38 bits per heavy atom. The number of benzene rings is 1. The minimum Gasteiger partial charge on any atom is -0.392 e. The first-order valence-electron chi connectivity index (χ1n) is 5.34. The zero-order valence-electron chi connectivity index (χ0n) is 9.56. The summed E-state index contributed by atoms with van der Waals surface area (Å²) in [6.45, 7) is 5.55. The van der Waals surface area contributed by atoms with E-state index in [9.17, 15) is 5.11 Å². The number of aliphatic hydroxyl groups excluding tert-OH is 2. The second-order valence-corrected chi connectivity index (χ2v) is 3.83. The minimum absolute atomic E-state index is 0.0754. The van der Waals surface area contributed by atoms with Crippen molar-refractivity contribution in [3.05, 3.63) is 59.7 Å². The second kappa shape index (κ2) is 6.26. The molecule has 1 aromatic carbocycles. The molecule has 1 aromatic rings. The lowest BCUT2D eigenvalue weighted by Crippen LogP contribution is -2.15. The molecule has 0 saturated heterocycles. The van der Waals surface area contributed by atoms with Crippen LogP contribution >= 0.6 is 0 Å². The van der Waals surface area contributed by atoms with Gasteiger partial charge in [0.05, 0.1) is 12.7 Å². The van der Waals surface area contributed by atoms with Gasteiger partial charge in [-0.3, -0.25) is 0 Å². The lowest BCUT2D eigenvalue weighted by molar-refractivity contribution is 0.211. The molecule has 2 heteroatoms. The largest absolute Gasteiger partial charge is 0.392 e. The van der Waals surface area contributed by atoms with Crippen LogP contribution in [0.2, 0.25) is 0 Å². The number of rotatable bonds is 5. The highest BCUT2D eigenvalue weighted by molar-refractivity contribution is 5.32. The summed E-state index contributed by atoms with van der Waals surface area (Å²) < 4.78 is 0. The van der Waals surface area contributed by atoms with Crippen molar-refractivity contribution in [1.82, 2.24) is 0 Å². The van der Waals surface area contributed by atoms with Crippen molar-refractivity contribution in [3.63, 3.8) is 0 Å². The van der Waals surface area contributed by atoms with E-state index in [1.165, 1.54) is 0 Å². The maximum absolute atomic E-state index is 10.0. The fourth-order valence-electron chi connectivity index (χ4n) is 1.64. The van der Waals surface area contributed by atoms with Crippen LogP contribution in [0.4, 0.5) is 0 Å². The first-order chi connectivity index (χ1) is 7.65. The molecule has 2 nitrogen and oxygen atoms in total. The van der Waals surface area contributed by atoms with Crippen LogP contribution in [-0.4, -0.2) is 22.9 Å². The smallest absolute Gasteiger partial charge is 0.0830 e. The maximum Gasteiger partial charge on any atom is 0.0830 e. The fourth-order valence-corrected chi connectivity index (χ4v) is 1.64. The third kappa shape index (κ3) is 3.65. The summed E-state index contributed by atoms with van der Waals surface area (Å²) in [5.74, 6) is 0. The van der Waals surface area contributed by atoms with E-state index in [-0.39, 0.29) is 6.61 Å². The lowest BCUT2D eigenvalue weighted by atomic mass is 9.97. The Bertz CT molecular complexity index is 366. The van der Waals surface area contributed by atoms with Crippen LogP contribution in [0.15, 0.2) is 54.1 Å². The normalized spacial score (nSPS) is 13.6. The van der Waals surface area contributed by atoms with Gasteiger partial charge in [-0.25, -0.2) is 0 Å². The quantitative estimate of drug-likeness (QED) is 0.743. The van der Waals surface area contributed by atoms with Crippen LogP contribution < -0.4 is 0 Å². The number of hydrogen-bond acceptors (Lipinski definition) is 2. The van der Waals surface area contributed by atoms with E-state index in [4.69, 9.17) is 5.11 Å². The predicted octanol–water partition coefficient (Wildman–Crippen LogP) is 2.08. The average Bonchev–Trinajstić information content (AvgIpc) is 2.26. The lowest BCUT2D eigenvalue weighted by Gasteiger charge is -2.15. The van der Waals surface area contributed by atoms with Crippen LogP contribution in [0.3, 0.4) is 0 Å². The Balaban J connectivity index is 2.74. The van der Waals surface area contributed by atoms with Crippen LogP contribution in [0.25, 0.3) is 0 Å². The second-order valence-electron chi connectivity index (χ2n) is 3.83. The van der Waals surface area contributed by atoms with Crippen LogP contribution in [0.1, 0.15) is 12.5 Å². The minimum atomic E-state index is -0.605. The van der Waals surface area contributed by atoms with E-state index in [1.807, 2.05) is 37.3 Å². The molecule has 2 N–H and O–H groups in total. The number of aliphatic hydroxyl groups is 2. The average molecular weight is 218 g/mol. The molecule has 0 amide bonds. The van der Waals surface area contributed by atoms with Crippen molar-refractivity contribution in [3.8, 4) is 0 Å². The third-order valence-electron chi connectivity index (χ3n) is 2.43. The summed E-state index contributed by atoms with van der Waals surface area (Å²) in [7, 11) is 0. The van der Waals surface area contributed by atoms with Crippen LogP contribution in [0, 0.1) is 0 Å². The first kappa shape index (κ1) is 12.7. The monoisotopic (exact) mass is 218 g/mol. The zero-order valence-corrected chi connectivity index (χ0v) is 9.56. The summed E-state index contributed by atoms with van der Waals surface area (Å²) in [5.41, 5.74) is 2.57. The summed E-state index contributed by atoms with van der Waals surface area (Å²) in [5, 5.41) is 18.9. The SMILES string of the molecule is C=C(C)/C(=C/CO)C(O)Cc1ccccc1. The van der Waals surface area contributed by atoms with E-state index in [2.05, 4.69) is 6.58 Å². The van der Waals surface area contributed by atoms with E-state index in [0.29, 0.717) is 12.0 Å². The molecule has 0 aliphatic heterocycles. The molecule has 0 heterocycles. The Kier molecular flexibility index (Phi) is 4.96. The molecule has 16 heavy (non-hydrogen) atoms. The van der Waals surface area contributed by atoms with Gasteiger partial charge in [0.2, 0.25) is 0 Å². The van der Waals surface area contributed by atoms with Crippen LogP contribution in [-0.2, 0) is 6.42 Å². The first-order valence-corrected chi connectivity index (χ1v) is 5.34. The van der Waals surface area contributed by atoms with E-state index in [1.54, 1.807) is 6.08 Å². The van der Waals surface area contributed by atoms with Crippen molar-refractivity contribution in [1.29, 1.82) is 0 Å². The molecule has 0 saturated carbocycles. The number of hydrogen-bond donors (Lipinski definition) is 2. The summed E-state index contributed by atoms with van der Waals surface area (Å²) in [6.07, 6.45) is 1.54.